The van der Waals surface area contributed by atoms with Gasteiger partial charge in [-0.3, -0.25) is 9.67 Å². The molecule has 6 nitrogen and oxygen atoms in total. The van der Waals surface area contributed by atoms with Crippen molar-refractivity contribution >= 4 is 29.9 Å². The van der Waals surface area contributed by atoms with Gasteiger partial charge in [-0.2, -0.15) is 5.10 Å². The minimum absolute atomic E-state index is 0. The lowest BCUT2D eigenvalue weighted by atomic mass is 9.98. The Morgan fingerprint density at radius 3 is 2.67 bits per heavy atom. The van der Waals surface area contributed by atoms with Gasteiger partial charge in [-0.1, -0.05) is 19.3 Å². The summed E-state index contributed by atoms with van der Waals surface area (Å²) in [6.07, 6.45) is 9.04. The van der Waals surface area contributed by atoms with Crippen molar-refractivity contribution < 1.29 is 4.74 Å². The van der Waals surface area contributed by atoms with Crippen LogP contribution in [0.1, 0.15) is 63.3 Å². The molecule has 1 heterocycles. The first kappa shape index (κ1) is 24.2. The molecule has 1 aromatic rings. The van der Waals surface area contributed by atoms with Crippen molar-refractivity contribution in [1.29, 1.82) is 0 Å². The summed E-state index contributed by atoms with van der Waals surface area (Å²) >= 11 is 0. The second kappa shape index (κ2) is 14.2. The van der Waals surface area contributed by atoms with Crippen molar-refractivity contribution in [3.63, 3.8) is 0 Å². The first-order chi connectivity index (χ1) is 12.7. The predicted molar refractivity (Wildman–Crippen MR) is 123 cm³/mol. The van der Waals surface area contributed by atoms with Gasteiger partial charge < -0.3 is 15.4 Å². The Morgan fingerprint density at radius 1 is 1.22 bits per heavy atom. The fraction of sp³-hybridized carbons (Fsp3) is 0.800. The molecule has 0 bridgehead atoms. The van der Waals surface area contributed by atoms with Crippen LogP contribution >= 0.6 is 24.0 Å². The van der Waals surface area contributed by atoms with Gasteiger partial charge >= 0.3 is 0 Å². The number of halogens is 1. The smallest absolute Gasteiger partial charge is 0.191 e. The van der Waals surface area contributed by atoms with E-state index in [0.29, 0.717) is 6.10 Å². The lowest BCUT2D eigenvalue weighted by Gasteiger charge is -2.22. The number of aryl methyl sites for hydroxylation is 3. The van der Waals surface area contributed by atoms with E-state index in [-0.39, 0.29) is 24.0 Å². The van der Waals surface area contributed by atoms with Crippen LogP contribution in [0, 0.1) is 13.8 Å². The third-order valence-electron chi connectivity index (χ3n) is 4.76. The number of nitrogens with zero attached hydrogens (tertiary/aromatic N) is 3. The highest BCUT2D eigenvalue weighted by molar-refractivity contribution is 14.0. The Bertz CT molecular complexity index is 540. The highest BCUT2D eigenvalue weighted by Gasteiger charge is 2.12. The van der Waals surface area contributed by atoms with Crippen LogP contribution in [-0.2, 0) is 11.3 Å². The van der Waals surface area contributed by atoms with Crippen LogP contribution in [0.25, 0.3) is 0 Å². The van der Waals surface area contributed by atoms with Gasteiger partial charge in [0.15, 0.2) is 5.96 Å². The lowest BCUT2D eigenvalue weighted by molar-refractivity contribution is 0.0277. The van der Waals surface area contributed by atoms with E-state index >= 15 is 0 Å². The Kier molecular flexibility index (Phi) is 12.7. The number of nitrogens with one attached hydrogen (secondary N) is 2. The van der Waals surface area contributed by atoms with Gasteiger partial charge in [0.25, 0.3) is 0 Å². The van der Waals surface area contributed by atoms with Crippen LogP contribution < -0.4 is 10.6 Å². The maximum atomic E-state index is 5.98. The molecule has 0 spiro atoms. The van der Waals surface area contributed by atoms with E-state index < -0.39 is 0 Å². The Labute approximate surface area is 181 Å². The maximum absolute atomic E-state index is 5.98. The van der Waals surface area contributed by atoms with Gasteiger partial charge in [-0.15, -0.1) is 24.0 Å². The first-order valence-corrected chi connectivity index (χ1v) is 10.3. The second-order valence-corrected chi connectivity index (χ2v) is 7.18. The molecule has 0 aliphatic heterocycles. The molecule has 0 aromatic carbocycles. The SMILES string of the molecule is CCNC(=NCCCn1nc(C)cc1C)NCCCOC1CCCCC1.I. The fourth-order valence-corrected chi connectivity index (χ4v) is 3.42. The second-order valence-electron chi connectivity index (χ2n) is 7.18. The Balaban J connectivity index is 0.00000364. The van der Waals surface area contributed by atoms with Gasteiger partial charge in [0, 0.05) is 38.5 Å². The summed E-state index contributed by atoms with van der Waals surface area (Å²) in [5.74, 6) is 0.901. The molecular formula is C20H38IN5O. The molecule has 1 aliphatic rings. The minimum atomic E-state index is 0. The average Bonchev–Trinajstić information content (AvgIpc) is 2.96. The predicted octanol–water partition coefficient (Wildman–Crippen LogP) is 3.80. The van der Waals surface area contributed by atoms with Gasteiger partial charge in [-0.25, -0.2) is 0 Å². The van der Waals surface area contributed by atoms with Gasteiger partial charge in [-0.05, 0) is 52.5 Å². The number of rotatable bonds is 10. The molecule has 1 saturated carbocycles. The summed E-state index contributed by atoms with van der Waals surface area (Å²) in [6, 6.07) is 2.12. The van der Waals surface area contributed by atoms with Crippen molar-refractivity contribution in [3.8, 4) is 0 Å². The summed E-state index contributed by atoms with van der Waals surface area (Å²) in [5.41, 5.74) is 2.30. The Morgan fingerprint density at radius 2 is 2.00 bits per heavy atom. The van der Waals surface area contributed by atoms with Crippen LogP contribution in [0.5, 0.6) is 0 Å². The van der Waals surface area contributed by atoms with E-state index in [0.717, 1.165) is 57.3 Å². The molecule has 1 aliphatic carbocycles. The van der Waals surface area contributed by atoms with Crippen LogP contribution in [0.15, 0.2) is 11.1 Å². The van der Waals surface area contributed by atoms with Crippen molar-refractivity contribution in [3.05, 3.63) is 17.5 Å². The van der Waals surface area contributed by atoms with Gasteiger partial charge in [0.1, 0.15) is 0 Å². The van der Waals surface area contributed by atoms with Crippen molar-refractivity contribution in [2.24, 2.45) is 4.99 Å². The van der Waals surface area contributed by atoms with E-state index in [4.69, 9.17) is 4.74 Å². The normalized spacial score (nSPS) is 15.4. The number of guanidine groups is 1. The monoisotopic (exact) mass is 491 g/mol. The summed E-state index contributed by atoms with van der Waals surface area (Å²) < 4.78 is 8.04. The molecule has 0 radical (unpaired) electrons. The van der Waals surface area contributed by atoms with E-state index in [1.54, 1.807) is 0 Å². The fourth-order valence-electron chi connectivity index (χ4n) is 3.42. The number of aliphatic imine (C=N–C) groups is 1. The number of hydrogen-bond donors (Lipinski definition) is 2. The summed E-state index contributed by atoms with van der Waals surface area (Å²) in [7, 11) is 0. The van der Waals surface area contributed by atoms with Crippen molar-refractivity contribution in [1.82, 2.24) is 20.4 Å². The maximum Gasteiger partial charge on any atom is 0.191 e. The zero-order valence-corrected chi connectivity index (χ0v) is 19.6. The van der Waals surface area contributed by atoms with E-state index in [1.807, 2.05) is 6.92 Å². The Hall–Kier alpha value is -0.830. The molecule has 1 fully saturated rings. The average molecular weight is 491 g/mol. The van der Waals surface area contributed by atoms with Gasteiger partial charge in [0.05, 0.1) is 11.8 Å². The van der Waals surface area contributed by atoms with Crippen LogP contribution in [-0.4, -0.2) is 48.1 Å². The molecular weight excluding hydrogens is 453 g/mol. The minimum Gasteiger partial charge on any atom is -0.378 e. The third kappa shape index (κ3) is 9.78. The van der Waals surface area contributed by atoms with Crippen molar-refractivity contribution in [2.45, 2.75) is 78.4 Å². The summed E-state index contributed by atoms with van der Waals surface area (Å²) in [6.45, 7) is 10.6. The van der Waals surface area contributed by atoms with E-state index in [2.05, 4.69) is 45.3 Å². The quantitative estimate of drug-likeness (QED) is 0.226. The highest BCUT2D eigenvalue weighted by atomic mass is 127. The van der Waals surface area contributed by atoms with Gasteiger partial charge in [0.2, 0.25) is 0 Å². The number of aromatic nitrogens is 2. The van der Waals surface area contributed by atoms with Crippen molar-refractivity contribution in [2.75, 3.05) is 26.2 Å². The molecule has 0 unspecified atom stereocenters. The summed E-state index contributed by atoms with van der Waals surface area (Å²) in [5, 5.41) is 11.2. The zero-order chi connectivity index (χ0) is 18.6. The molecule has 0 saturated heterocycles. The number of ether oxygens (including phenoxy) is 1. The summed E-state index contributed by atoms with van der Waals surface area (Å²) in [4.78, 5) is 4.66. The van der Waals surface area contributed by atoms with E-state index in [1.165, 1.54) is 37.8 Å². The van der Waals surface area contributed by atoms with Crippen LogP contribution in [0.4, 0.5) is 0 Å². The molecule has 0 atom stereocenters. The van der Waals surface area contributed by atoms with Crippen LogP contribution in [0.3, 0.4) is 0 Å². The number of hydrogen-bond acceptors (Lipinski definition) is 3. The molecule has 27 heavy (non-hydrogen) atoms. The molecule has 7 heteroatoms. The van der Waals surface area contributed by atoms with Crippen LogP contribution in [0.2, 0.25) is 0 Å². The first-order valence-electron chi connectivity index (χ1n) is 10.3. The highest BCUT2D eigenvalue weighted by Crippen LogP contribution is 2.20. The molecule has 156 valence electrons. The standard InChI is InChI=1S/C20H37N5O.HI/c1-4-21-20(22-12-8-14-25-18(3)16-17(2)24-25)23-13-9-15-26-19-10-6-5-7-11-19;/h16,19H,4-15H2,1-3H3,(H2,21,22,23);1H. The van der Waals surface area contributed by atoms with E-state index in [9.17, 15) is 0 Å². The molecule has 2 N–H and O–H groups in total. The zero-order valence-electron chi connectivity index (χ0n) is 17.3. The molecule has 0 amide bonds. The topological polar surface area (TPSA) is 63.5 Å². The third-order valence-corrected chi connectivity index (χ3v) is 4.76. The molecule has 2 rings (SSSR count). The largest absolute Gasteiger partial charge is 0.378 e. The lowest BCUT2D eigenvalue weighted by Crippen LogP contribution is -2.38. The molecule has 1 aromatic heterocycles.